The number of carbonyl (C=O) groups excluding carboxylic acids is 1. The van der Waals surface area contributed by atoms with Crippen molar-refractivity contribution in [2.45, 2.75) is 19.1 Å². The summed E-state index contributed by atoms with van der Waals surface area (Å²) in [4.78, 5) is 14.6. The lowest BCUT2D eigenvalue weighted by atomic mass is 10.2. The molecule has 26 heavy (non-hydrogen) atoms. The monoisotopic (exact) mass is 435 g/mol. The Kier molecular flexibility index (Phi) is 5.48. The topological polar surface area (TPSA) is 63.7 Å². The quantitative estimate of drug-likeness (QED) is 0.719. The zero-order valence-corrected chi connectivity index (χ0v) is 16.5. The van der Waals surface area contributed by atoms with Crippen LogP contribution < -0.4 is 9.64 Å². The molecule has 0 spiro atoms. The van der Waals surface area contributed by atoms with Gasteiger partial charge in [0.2, 0.25) is 0 Å². The van der Waals surface area contributed by atoms with Crippen molar-refractivity contribution in [1.82, 2.24) is 0 Å². The fourth-order valence-corrected chi connectivity index (χ4v) is 4.29. The predicted octanol–water partition coefficient (Wildman–Crippen LogP) is 3.56. The minimum atomic E-state index is -3.30. The molecule has 7 heteroatoms. The highest BCUT2D eigenvalue weighted by atomic mass is 79.9. The first-order valence-corrected chi connectivity index (χ1v) is 10.6. The second-order valence-electron chi connectivity index (χ2n) is 5.98. The molecule has 5 nitrogen and oxygen atoms in total. The predicted molar refractivity (Wildman–Crippen MR) is 105 cm³/mol. The second kappa shape index (κ2) is 7.63. The average molecular weight is 436 g/mol. The smallest absolute Gasteiger partial charge is 0.268 e. The third-order valence-corrected chi connectivity index (χ3v) is 5.90. The van der Waals surface area contributed by atoms with E-state index in [-0.39, 0.29) is 11.7 Å². The fraction of sp³-hybridized carbons (Fsp3) is 0.211. The van der Waals surface area contributed by atoms with Crippen LogP contribution in [0.5, 0.6) is 5.75 Å². The number of rotatable bonds is 5. The van der Waals surface area contributed by atoms with E-state index in [9.17, 15) is 13.2 Å². The van der Waals surface area contributed by atoms with Crippen LogP contribution in [0.3, 0.4) is 0 Å². The molecular weight excluding hydrogens is 418 g/mol. The highest BCUT2D eigenvalue weighted by molar-refractivity contribution is 9.10. The van der Waals surface area contributed by atoms with Gasteiger partial charge < -0.3 is 9.64 Å². The molecule has 0 aromatic heterocycles. The van der Waals surface area contributed by atoms with Gasteiger partial charge in [0.1, 0.15) is 5.75 Å². The number of ether oxygens (including phenoxy) is 1. The van der Waals surface area contributed by atoms with Gasteiger partial charge in [0.25, 0.3) is 5.91 Å². The summed E-state index contributed by atoms with van der Waals surface area (Å²) in [6, 6.07) is 15.7. The highest BCUT2D eigenvalue weighted by Crippen LogP contribution is 2.26. The van der Waals surface area contributed by atoms with Gasteiger partial charge in [-0.15, -0.1) is 0 Å². The molecule has 0 saturated heterocycles. The number of benzene rings is 2. The van der Waals surface area contributed by atoms with Gasteiger partial charge in [0.05, 0.1) is 11.8 Å². The molecule has 0 saturated carbocycles. The lowest BCUT2D eigenvalue weighted by Crippen LogP contribution is -2.47. The van der Waals surface area contributed by atoms with E-state index in [2.05, 4.69) is 15.9 Å². The summed E-state index contributed by atoms with van der Waals surface area (Å²) in [7, 11) is -3.30. The van der Waals surface area contributed by atoms with Crippen molar-refractivity contribution in [1.29, 1.82) is 0 Å². The van der Waals surface area contributed by atoms with E-state index in [1.165, 1.54) is 10.3 Å². The first-order chi connectivity index (χ1) is 12.4. The summed E-state index contributed by atoms with van der Waals surface area (Å²) in [6.45, 7) is 1.66. The van der Waals surface area contributed by atoms with Gasteiger partial charge in [-0.25, -0.2) is 8.42 Å². The molecule has 1 aliphatic rings. The number of hydrogen-bond acceptors (Lipinski definition) is 4. The minimum Gasteiger partial charge on any atom is -0.481 e. The summed E-state index contributed by atoms with van der Waals surface area (Å²) in [5.41, 5.74) is 0.619. The van der Waals surface area contributed by atoms with Gasteiger partial charge in [0.15, 0.2) is 15.9 Å². The molecule has 0 bridgehead atoms. The molecule has 0 N–H and O–H groups in total. The van der Waals surface area contributed by atoms with Gasteiger partial charge in [-0.05, 0) is 49.4 Å². The Morgan fingerprint density at radius 2 is 1.81 bits per heavy atom. The molecule has 1 aliphatic heterocycles. The Morgan fingerprint density at radius 1 is 1.15 bits per heavy atom. The van der Waals surface area contributed by atoms with E-state index in [1.807, 2.05) is 30.3 Å². The Morgan fingerprint density at radius 3 is 2.38 bits per heavy atom. The first-order valence-electron chi connectivity index (χ1n) is 8.07. The minimum absolute atomic E-state index is 0.132. The van der Waals surface area contributed by atoms with Gasteiger partial charge in [0, 0.05) is 15.6 Å². The number of halogens is 1. The van der Waals surface area contributed by atoms with Crippen molar-refractivity contribution < 1.29 is 17.9 Å². The Hall–Kier alpha value is -2.12. The molecule has 2 aromatic carbocycles. The van der Waals surface area contributed by atoms with Crippen molar-refractivity contribution in [2.75, 3.05) is 10.7 Å². The third kappa shape index (κ3) is 4.34. The SMILES string of the molecule is C[C@@H](Oc1ccccc1)C(=O)N(c1ccc(Br)cc1)[C@@H]1C=CS(=O)(=O)C1. The molecule has 2 aromatic rings. The summed E-state index contributed by atoms with van der Waals surface area (Å²) < 4.78 is 30.3. The first kappa shape index (κ1) is 18.7. The van der Waals surface area contributed by atoms with Crippen molar-refractivity contribution >= 4 is 37.4 Å². The summed E-state index contributed by atoms with van der Waals surface area (Å²) in [6.07, 6.45) is 0.780. The van der Waals surface area contributed by atoms with E-state index in [0.717, 1.165) is 4.47 Å². The van der Waals surface area contributed by atoms with Crippen molar-refractivity contribution in [3.8, 4) is 5.75 Å². The number of anilines is 1. The van der Waals surface area contributed by atoms with Crippen LogP contribution in [-0.4, -0.2) is 32.2 Å². The van der Waals surface area contributed by atoms with Crippen LogP contribution in [0.2, 0.25) is 0 Å². The number of carbonyl (C=O) groups is 1. The summed E-state index contributed by atoms with van der Waals surface area (Å²) >= 11 is 3.37. The third-order valence-electron chi connectivity index (χ3n) is 3.99. The van der Waals surface area contributed by atoms with Crippen molar-refractivity contribution in [3.05, 3.63) is 70.6 Å². The lowest BCUT2D eigenvalue weighted by Gasteiger charge is -2.30. The van der Waals surface area contributed by atoms with E-state index >= 15 is 0 Å². The van der Waals surface area contributed by atoms with Crippen molar-refractivity contribution in [2.24, 2.45) is 0 Å². The molecule has 136 valence electrons. The largest absolute Gasteiger partial charge is 0.481 e. The highest BCUT2D eigenvalue weighted by Gasteiger charge is 2.34. The Balaban J connectivity index is 1.88. The molecule has 1 heterocycles. The standard InChI is InChI=1S/C19H18BrNO4S/c1-14(25-18-5-3-2-4-6-18)19(22)21(16-9-7-15(20)8-10-16)17-11-12-26(23,24)13-17/h2-12,14,17H,13H2,1H3/t14-,17-/m1/s1. The van der Waals surface area contributed by atoms with Crippen LogP contribution in [0, 0.1) is 0 Å². The normalized spacial score (nSPS) is 19.1. The lowest BCUT2D eigenvalue weighted by molar-refractivity contribution is -0.124. The molecular formula is C19H18BrNO4S. The van der Waals surface area contributed by atoms with Gasteiger partial charge >= 0.3 is 0 Å². The number of amides is 1. The maximum atomic E-state index is 13.1. The fourth-order valence-electron chi connectivity index (χ4n) is 2.75. The van der Waals surface area contributed by atoms with Gasteiger partial charge in [-0.3, -0.25) is 4.79 Å². The Bertz CT molecular complexity index is 910. The van der Waals surface area contributed by atoms with E-state index in [1.54, 1.807) is 37.3 Å². The number of nitrogens with zero attached hydrogens (tertiary/aromatic N) is 1. The van der Waals surface area contributed by atoms with Crippen LogP contribution in [0.1, 0.15) is 6.92 Å². The number of para-hydroxylation sites is 1. The summed E-state index contributed by atoms with van der Waals surface area (Å²) in [5, 5.41) is 1.17. The molecule has 2 atom stereocenters. The molecule has 0 fully saturated rings. The van der Waals surface area contributed by atoms with E-state index in [0.29, 0.717) is 11.4 Å². The second-order valence-corrected chi connectivity index (χ2v) is 8.83. The number of sulfone groups is 1. The van der Waals surface area contributed by atoms with Crippen LogP contribution in [0.25, 0.3) is 0 Å². The van der Waals surface area contributed by atoms with Gasteiger partial charge in [-0.2, -0.15) is 0 Å². The average Bonchev–Trinajstić information content (AvgIpc) is 2.97. The van der Waals surface area contributed by atoms with E-state index < -0.39 is 22.0 Å². The van der Waals surface area contributed by atoms with Crippen molar-refractivity contribution in [3.63, 3.8) is 0 Å². The van der Waals surface area contributed by atoms with E-state index in [4.69, 9.17) is 4.74 Å². The molecule has 1 amide bonds. The van der Waals surface area contributed by atoms with Crippen LogP contribution in [-0.2, 0) is 14.6 Å². The number of hydrogen-bond donors (Lipinski definition) is 0. The summed E-state index contributed by atoms with van der Waals surface area (Å²) in [5.74, 6) is 0.147. The Labute approximate surface area is 161 Å². The van der Waals surface area contributed by atoms with Crippen LogP contribution in [0.15, 0.2) is 70.6 Å². The molecule has 0 unspecified atom stereocenters. The molecule has 3 rings (SSSR count). The maximum Gasteiger partial charge on any atom is 0.268 e. The van der Waals surface area contributed by atoms with Crippen LogP contribution in [0.4, 0.5) is 5.69 Å². The van der Waals surface area contributed by atoms with Crippen LogP contribution >= 0.6 is 15.9 Å². The zero-order valence-electron chi connectivity index (χ0n) is 14.1. The molecule has 0 radical (unpaired) electrons. The molecule has 0 aliphatic carbocycles. The van der Waals surface area contributed by atoms with Gasteiger partial charge in [-0.1, -0.05) is 34.1 Å². The zero-order chi connectivity index (χ0) is 18.7. The maximum absolute atomic E-state index is 13.1.